The molecule has 0 bridgehead atoms. The molecule has 0 unspecified atom stereocenters. The Bertz CT molecular complexity index is 1080. The molecule has 0 aliphatic carbocycles. The van der Waals surface area contributed by atoms with Gasteiger partial charge < -0.3 is 10.3 Å². The molecule has 0 aliphatic rings. The maximum atomic E-state index is 12.5. The third kappa shape index (κ3) is 4.48. The molecule has 2 aromatic heterocycles. The number of aromatic nitrogens is 3. The molecule has 1 amide bonds. The first-order valence-electron chi connectivity index (χ1n) is 8.54. The molecule has 0 fully saturated rings. The summed E-state index contributed by atoms with van der Waals surface area (Å²) in [6.45, 7) is 5.98. The Hall–Kier alpha value is -1.97. The summed E-state index contributed by atoms with van der Waals surface area (Å²) in [7, 11) is 0. The molecule has 0 saturated heterocycles. The Morgan fingerprint density at radius 3 is 2.78 bits per heavy atom. The van der Waals surface area contributed by atoms with Gasteiger partial charge in [0.2, 0.25) is 5.91 Å². The van der Waals surface area contributed by atoms with Crippen LogP contribution >= 0.6 is 35.3 Å². The topological polar surface area (TPSA) is 79.8 Å². The van der Waals surface area contributed by atoms with Gasteiger partial charge in [-0.05, 0) is 44.6 Å². The first-order chi connectivity index (χ1) is 12.9. The Balaban J connectivity index is 1.94. The quantitative estimate of drug-likeness (QED) is 0.360. The zero-order valence-corrected chi connectivity index (χ0v) is 17.7. The van der Waals surface area contributed by atoms with Crippen LogP contribution in [0.3, 0.4) is 0 Å². The maximum absolute atomic E-state index is 12.5. The maximum Gasteiger partial charge on any atom is 0.271 e. The van der Waals surface area contributed by atoms with Crippen LogP contribution in [0.2, 0.25) is 0 Å². The van der Waals surface area contributed by atoms with Crippen molar-refractivity contribution >= 4 is 51.6 Å². The Kier molecular flexibility index (Phi) is 6.13. The van der Waals surface area contributed by atoms with Crippen LogP contribution < -0.4 is 10.9 Å². The van der Waals surface area contributed by atoms with Crippen LogP contribution in [0.1, 0.15) is 25.8 Å². The smallest absolute Gasteiger partial charge is 0.271 e. The molecule has 0 spiro atoms. The van der Waals surface area contributed by atoms with E-state index in [1.165, 1.54) is 23.1 Å². The van der Waals surface area contributed by atoms with Crippen molar-refractivity contribution in [1.29, 1.82) is 0 Å². The van der Waals surface area contributed by atoms with E-state index in [1.54, 1.807) is 4.57 Å². The minimum absolute atomic E-state index is 0.0854. The standard InChI is InChI=1S/C18H20N4O2S3/c1-4-11(3)19-13(23)9-26-17-20-15-14(16(24)21-17)27-18(25)22(15)12-7-5-10(2)6-8-12/h5-8,11H,4,9H2,1-3H3,(H,19,23)(H,20,21,24)/t11-/m1/s1. The van der Waals surface area contributed by atoms with Crippen LogP contribution in [0.4, 0.5) is 0 Å². The van der Waals surface area contributed by atoms with Crippen molar-refractivity contribution in [3.05, 3.63) is 44.1 Å². The summed E-state index contributed by atoms with van der Waals surface area (Å²) in [5.74, 6) is 0.103. The number of H-pyrrole nitrogens is 1. The fraction of sp³-hybridized carbons (Fsp3) is 0.333. The van der Waals surface area contributed by atoms with Gasteiger partial charge in [-0.25, -0.2) is 4.98 Å². The molecule has 1 atom stereocenters. The zero-order valence-electron chi connectivity index (χ0n) is 15.2. The normalized spacial score (nSPS) is 12.3. The van der Waals surface area contributed by atoms with Crippen molar-refractivity contribution in [2.45, 2.75) is 38.4 Å². The number of aromatic amines is 1. The predicted octanol–water partition coefficient (Wildman–Crippen LogP) is 3.82. The fourth-order valence-corrected chi connectivity index (χ4v) is 4.37. The molecule has 1 aromatic carbocycles. The average molecular weight is 421 g/mol. The van der Waals surface area contributed by atoms with Gasteiger partial charge in [-0.15, -0.1) is 0 Å². The molecule has 2 heterocycles. The molecule has 3 aromatic rings. The second-order valence-electron chi connectivity index (χ2n) is 6.23. The third-order valence-corrected chi connectivity index (χ3v) is 6.31. The van der Waals surface area contributed by atoms with E-state index in [4.69, 9.17) is 12.2 Å². The van der Waals surface area contributed by atoms with Crippen LogP contribution in [0.5, 0.6) is 0 Å². The molecular formula is C18H20N4O2S3. The highest BCUT2D eigenvalue weighted by Crippen LogP contribution is 2.24. The number of nitrogens with one attached hydrogen (secondary N) is 2. The lowest BCUT2D eigenvalue weighted by Crippen LogP contribution is -2.33. The SMILES string of the molecule is CC[C@@H](C)NC(=O)CSc1nc2c(sc(=S)n2-c2ccc(C)cc2)c(=O)[nH]1. The van der Waals surface area contributed by atoms with Gasteiger partial charge in [-0.2, -0.15) is 0 Å². The van der Waals surface area contributed by atoms with E-state index in [1.807, 2.05) is 45.0 Å². The van der Waals surface area contributed by atoms with E-state index < -0.39 is 0 Å². The van der Waals surface area contributed by atoms with Crippen LogP contribution in [-0.2, 0) is 4.79 Å². The number of thiazole rings is 1. The lowest BCUT2D eigenvalue weighted by molar-refractivity contribution is -0.119. The summed E-state index contributed by atoms with van der Waals surface area (Å²) in [6.07, 6.45) is 0.866. The second kappa shape index (κ2) is 8.37. The van der Waals surface area contributed by atoms with Gasteiger partial charge in [-0.3, -0.25) is 14.2 Å². The van der Waals surface area contributed by atoms with Gasteiger partial charge in [0, 0.05) is 11.7 Å². The lowest BCUT2D eigenvalue weighted by atomic mass is 10.2. The Morgan fingerprint density at radius 1 is 1.41 bits per heavy atom. The monoisotopic (exact) mass is 420 g/mol. The van der Waals surface area contributed by atoms with Gasteiger partial charge in [0.15, 0.2) is 14.8 Å². The predicted molar refractivity (Wildman–Crippen MR) is 114 cm³/mol. The van der Waals surface area contributed by atoms with Crippen molar-refractivity contribution in [3.8, 4) is 5.69 Å². The average Bonchev–Trinajstić information content (AvgIpc) is 2.97. The molecule has 6 nitrogen and oxygen atoms in total. The van der Waals surface area contributed by atoms with E-state index in [2.05, 4.69) is 15.3 Å². The van der Waals surface area contributed by atoms with Crippen molar-refractivity contribution in [1.82, 2.24) is 19.9 Å². The second-order valence-corrected chi connectivity index (χ2v) is 8.84. The zero-order chi connectivity index (χ0) is 19.6. The van der Waals surface area contributed by atoms with E-state index in [9.17, 15) is 9.59 Å². The van der Waals surface area contributed by atoms with Crippen molar-refractivity contribution in [2.75, 3.05) is 5.75 Å². The van der Waals surface area contributed by atoms with Crippen molar-refractivity contribution in [2.24, 2.45) is 0 Å². The summed E-state index contributed by atoms with van der Waals surface area (Å²) in [5.41, 5.74) is 2.27. The van der Waals surface area contributed by atoms with Crippen molar-refractivity contribution in [3.63, 3.8) is 0 Å². The minimum Gasteiger partial charge on any atom is -0.353 e. The van der Waals surface area contributed by atoms with Crippen LogP contribution in [0.15, 0.2) is 34.2 Å². The largest absolute Gasteiger partial charge is 0.353 e. The van der Waals surface area contributed by atoms with E-state index >= 15 is 0 Å². The summed E-state index contributed by atoms with van der Waals surface area (Å²) in [6, 6.07) is 8.00. The Morgan fingerprint density at radius 2 is 2.11 bits per heavy atom. The number of amides is 1. The molecule has 0 aliphatic heterocycles. The summed E-state index contributed by atoms with van der Waals surface area (Å²) >= 11 is 7.89. The number of fused-ring (bicyclic) bond motifs is 1. The number of thioether (sulfide) groups is 1. The molecular weight excluding hydrogens is 400 g/mol. The van der Waals surface area contributed by atoms with Gasteiger partial charge in [0.05, 0.1) is 5.75 Å². The fourth-order valence-electron chi connectivity index (χ4n) is 2.44. The highest BCUT2D eigenvalue weighted by atomic mass is 32.2. The minimum atomic E-state index is -0.244. The van der Waals surface area contributed by atoms with E-state index in [0.29, 0.717) is 19.5 Å². The number of carbonyl (C=O) groups is 1. The molecule has 9 heteroatoms. The first kappa shape index (κ1) is 19.8. The molecule has 0 radical (unpaired) electrons. The van der Waals surface area contributed by atoms with Gasteiger partial charge in [-0.1, -0.05) is 47.7 Å². The molecule has 3 rings (SSSR count). The molecule has 27 heavy (non-hydrogen) atoms. The number of nitrogens with zero attached hydrogens (tertiary/aromatic N) is 2. The summed E-state index contributed by atoms with van der Waals surface area (Å²) < 4.78 is 2.84. The van der Waals surface area contributed by atoms with Crippen LogP contribution in [-0.4, -0.2) is 32.2 Å². The molecule has 2 N–H and O–H groups in total. The summed E-state index contributed by atoms with van der Waals surface area (Å²) in [4.78, 5) is 31.7. The highest BCUT2D eigenvalue weighted by molar-refractivity contribution is 7.99. The Labute approximate surface area is 170 Å². The molecule has 142 valence electrons. The van der Waals surface area contributed by atoms with E-state index in [-0.39, 0.29) is 23.3 Å². The number of carbonyl (C=O) groups excluding carboxylic acids is 1. The number of hydrogen-bond acceptors (Lipinski definition) is 6. The molecule has 0 saturated carbocycles. The third-order valence-electron chi connectivity index (χ3n) is 4.07. The van der Waals surface area contributed by atoms with Gasteiger partial charge in [0.25, 0.3) is 5.56 Å². The van der Waals surface area contributed by atoms with Gasteiger partial charge >= 0.3 is 0 Å². The number of hydrogen-bond donors (Lipinski definition) is 2. The first-order valence-corrected chi connectivity index (χ1v) is 10.7. The van der Waals surface area contributed by atoms with Crippen LogP contribution in [0.25, 0.3) is 16.0 Å². The highest BCUT2D eigenvalue weighted by Gasteiger charge is 2.15. The van der Waals surface area contributed by atoms with E-state index in [0.717, 1.165) is 17.7 Å². The number of rotatable bonds is 6. The lowest BCUT2D eigenvalue weighted by Gasteiger charge is -2.10. The number of aryl methyl sites for hydroxylation is 1. The van der Waals surface area contributed by atoms with Gasteiger partial charge in [0.1, 0.15) is 4.70 Å². The summed E-state index contributed by atoms with van der Waals surface area (Å²) in [5, 5.41) is 3.30. The van der Waals surface area contributed by atoms with Crippen molar-refractivity contribution < 1.29 is 4.79 Å². The van der Waals surface area contributed by atoms with Crippen LogP contribution in [0, 0.1) is 10.9 Å². The number of benzene rings is 1.